The molecule has 0 spiro atoms. The molecular formula is C3H8O4S2. The molecule has 0 fully saturated rings. The summed E-state index contributed by atoms with van der Waals surface area (Å²) in [6.45, 7) is 1.29. The van der Waals surface area contributed by atoms with Gasteiger partial charge in [-0.1, -0.05) is 6.92 Å². The Bertz CT molecular complexity index is 269. The van der Waals surface area contributed by atoms with Crippen molar-refractivity contribution in [1.29, 1.82) is 0 Å². The molecule has 0 aromatic heterocycles. The summed E-state index contributed by atoms with van der Waals surface area (Å²) in [5.74, 6) is -0.355. The Kier molecular flexibility index (Phi) is 2.24. The molecule has 9 heavy (non-hydrogen) atoms. The van der Waals surface area contributed by atoms with E-state index in [4.69, 9.17) is 0 Å². The summed E-state index contributed by atoms with van der Waals surface area (Å²) in [4.78, 5) is 0. The third kappa shape index (κ3) is 1.94. The summed E-state index contributed by atoms with van der Waals surface area (Å²) >= 11 is 0. The predicted octanol–water partition coefficient (Wildman–Crippen LogP) is -0.619. The maximum atomic E-state index is 10.4. The van der Waals surface area contributed by atoms with Crippen LogP contribution in [0.25, 0.3) is 0 Å². The molecule has 0 bridgehead atoms. The summed E-state index contributed by atoms with van der Waals surface area (Å²) in [6.07, 6.45) is 0.686. The Morgan fingerprint density at radius 1 is 1.11 bits per heavy atom. The zero-order valence-electron chi connectivity index (χ0n) is 5.16. The van der Waals surface area contributed by atoms with Crippen molar-refractivity contribution in [2.45, 2.75) is 6.92 Å². The smallest absolute Gasteiger partial charge is 0.213 e. The van der Waals surface area contributed by atoms with Crippen LogP contribution in [0.15, 0.2) is 0 Å². The molecule has 0 radical (unpaired) electrons. The van der Waals surface area contributed by atoms with Crippen LogP contribution in [0.5, 0.6) is 0 Å². The Morgan fingerprint density at radius 3 is 1.44 bits per heavy atom. The Hall–Kier alpha value is -0.100. The molecule has 0 aromatic rings. The lowest BCUT2D eigenvalue weighted by molar-refractivity contribution is 0.586. The van der Waals surface area contributed by atoms with E-state index >= 15 is 0 Å². The standard InChI is InChI=1S/C3H8O4S2/c1-3-9(6,7)8(2,4)5/h3H2,1-2H3. The van der Waals surface area contributed by atoms with Gasteiger partial charge in [-0.15, -0.1) is 0 Å². The lowest BCUT2D eigenvalue weighted by Gasteiger charge is -1.93. The summed E-state index contributed by atoms with van der Waals surface area (Å²) < 4.78 is 41.5. The Balaban J connectivity index is 5.07. The quantitative estimate of drug-likeness (QED) is 0.521. The fourth-order valence-corrected chi connectivity index (χ4v) is 1.93. The van der Waals surface area contributed by atoms with Gasteiger partial charge in [0.05, 0.1) is 12.0 Å². The molecule has 4 nitrogen and oxygen atoms in total. The molecule has 0 rings (SSSR count). The fraction of sp³-hybridized carbons (Fsp3) is 1.00. The van der Waals surface area contributed by atoms with Crippen LogP contribution in [-0.4, -0.2) is 28.8 Å². The highest BCUT2D eigenvalue weighted by atomic mass is 33.2. The van der Waals surface area contributed by atoms with Gasteiger partial charge in [-0.25, -0.2) is 16.8 Å². The van der Waals surface area contributed by atoms with Crippen LogP contribution in [0, 0.1) is 0 Å². The van der Waals surface area contributed by atoms with Crippen LogP contribution in [0.4, 0.5) is 0 Å². The van der Waals surface area contributed by atoms with Gasteiger partial charge >= 0.3 is 0 Å². The lowest BCUT2D eigenvalue weighted by atomic mass is 11.0. The average molecular weight is 172 g/mol. The van der Waals surface area contributed by atoms with Gasteiger partial charge in [0.1, 0.15) is 0 Å². The zero-order valence-corrected chi connectivity index (χ0v) is 6.79. The second-order valence-electron chi connectivity index (χ2n) is 1.55. The maximum Gasteiger partial charge on any atom is 0.253 e. The van der Waals surface area contributed by atoms with Crippen LogP contribution in [0.3, 0.4) is 0 Å². The van der Waals surface area contributed by atoms with E-state index in [1.165, 1.54) is 6.92 Å². The highest BCUT2D eigenvalue weighted by molar-refractivity contribution is 8.66. The molecule has 0 saturated carbocycles. The lowest BCUT2D eigenvalue weighted by Crippen LogP contribution is -2.14. The van der Waals surface area contributed by atoms with Crippen LogP contribution < -0.4 is 0 Å². The van der Waals surface area contributed by atoms with E-state index in [1.54, 1.807) is 0 Å². The SMILES string of the molecule is CCS(=O)(=O)S(C)(=O)=O. The van der Waals surface area contributed by atoms with E-state index < -0.39 is 17.7 Å². The molecule has 0 heterocycles. The zero-order chi connectivity index (χ0) is 7.71. The topological polar surface area (TPSA) is 68.3 Å². The predicted molar refractivity (Wildman–Crippen MR) is 34.3 cm³/mol. The van der Waals surface area contributed by atoms with E-state index in [0.29, 0.717) is 6.26 Å². The van der Waals surface area contributed by atoms with Crippen molar-refractivity contribution in [2.24, 2.45) is 0 Å². The molecule has 0 amide bonds. The third-order valence-electron chi connectivity index (χ3n) is 0.815. The van der Waals surface area contributed by atoms with Crippen molar-refractivity contribution in [3.63, 3.8) is 0 Å². The first kappa shape index (κ1) is 8.90. The minimum Gasteiger partial charge on any atom is -0.213 e. The monoisotopic (exact) mass is 172 g/mol. The minimum absolute atomic E-state index is 0.355. The molecule has 0 aromatic carbocycles. The van der Waals surface area contributed by atoms with Crippen LogP contribution in [0.1, 0.15) is 6.92 Å². The molecule has 0 atom stereocenters. The first-order valence-corrected chi connectivity index (χ1v) is 6.30. The van der Waals surface area contributed by atoms with Gasteiger partial charge < -0.3 is 0 Å². The van der Waals surface area contributed by atoms with Crippen LogP contribution in [-0.2, 0) is 17.7 Å². The van der Waals surface area contributed by atoms with Crippen molar-refractivity contribution < 1.29 is 16.8 Å². The molecule has 0 aliphatic rings. The fourth-order valence-electron chi connectivity index (χ4n) is 0.214. The van der Waals surface area contributed by atoms with Crippen molar-refractivity contribution in [3.8, 4) is 0 Å². The molecule has 56 valence electrons. The highest BCUT2D eigenvalue weighted by Gasteiger charge is 2.20. The van der Waals surface area contributed by atoms with Crippen molar-refractivity contribution in [1.82, 2.24) is 0 Å². The number of rotatable bonds is 2. The molecule has 6 heteroatoms. The summed E-state index contributed by atoms with van der Waals surface area (Å²) in [5, 5.41) is 0. The Labute approximate surface area is 54.1 Å². The van der Waals surface area contributed by atoms with E-state index in [2.05, 4.69) is 0 Å². The normalized spacial score (nSPS) is 13.6. The second-order valence-corrected chi connectivity index (χ2v) is 7.99. The van der Waals surface area contributed by atoms with Gasteiger partial charge in [0.15, 0.2) is 0 Å². The summed E-state index contributed by atoms with van der Waals surface area (Å²) in [5.41, 5.74) is 0. The maximum absolute atomic E-state index is 10.4. The van der Waals surface area contributed by atoms with E-state index in [9.17, 15) is 16.8 Å². The number of hydrogen-bond donors (Lipinski definition) is 0. The molecule has 0 aliphatic heterocycles. The van der Waals surface area contributed by atoms with Gasteiger partial charge in [-0.3, -0.25) is 0 Å². The van der Waals surface area contributed by atoms with E-state index in [-0.39, 0.29) is 5.75 Å². The number of hydrogen-bond acceptors (Lipinski definition) is 4. The molecule has 0 unspecified atom stereocenters. The van der Waals surface area contributed by atoms with Gasteiger partial charge in [0.25, 0.3) is 17.7 Å². The van der Waals surface area contributed by atoms with Gasteiger partial charge in [0.2, 0.25) is 0 Å². The van der Waals surface area contributed by atoms with Crippen molar-refractivity contribution in [2.75, 3.05) is 12.0 Å². The van der Waals surface area contributed by atoms with Crippen molar-refractivity contribution >= 4 is 17.7 Å². The molecule has 0 N–H and O–H groups in total. The van der Waals surface area contributed by atoms with Gasteiger partial charge in [-0.2, -0.15) is 0 Å². The van der Waals surface area contributed by atoms with E-state index in [0.717, 1.165) is 0 Å². The first-order chi connectivity index (χ1) is 3.81. The van der Waals surface area contributed by atoms with Crippen LogP contribution in [0.2, 0.25) is 0 Å². The average Bonchev–Trinajstić information content (AvgIpc) is 1.64. The van der Waals surface area contributed by atoms with E-state index in [1.807, 2.05) is 0 Å². The Morgan fingerprint density at radius 2 is 1.44 bits per heavy atom. The van der Waals surface area contributed by atoms with Gasteiger partial charge in [0, 0.05) is 0 Å². The third-order valence-corrected chi connectivity index (χ3v) is 5.92. The summed E-state index contributed by atoms with van der Waals surface area (Å²) in [7, 11) is -7.74. The second kappa shape index (κ2) is 2.26. The molecular weight excluding hydrogens is 164 g/mol. The minimum atomic E-state index is -3.88. The highest BCUT2D eigenvalue weighted by Crippen LogP contribution is 1.98. The molecule has 0 saturated heterocycles. The van der Waals surface area contributed by atoms with Crippen LogP contribution >= 0.6 is 0 Å². The van der Waals surface area contributed by atoms with Gasteiger partial charge in [-0.05, 0) is 0 Å². The summed E-state index contributed by atoms with van der Waals surface area (Å²) in [6, 6.07) is 0. The first-order valence-electron chi connectivity index (χ1n) is 2.24. The molecule has 0 aliphatic carbocycles. The van der Waals surface area contributed by atoms with Crippen molar-refractivity contribution in [3.05, 3.63) is 0 Å². The largest absolute Gasteiger partial charge is 0.253 e.